The van der Waals surface area contributed by atoms with Gasteiger partial charge in [0.25, 0.3) is 5.56 Å². The summed E-state index contributed by atoms with van der Waals surface area (Å²) < 4.78 is 6.45. The Morgan fingerprint density at radius 2 is 1.86 bits per heavy atom. The number of halogens is 1. The molecule has 4 aromatic rings. The van der Waals surface area contributed by atoms with Crippen molar-refractivity contribution < 1.29 is 4.74 Å². The molecule has 0 atom stereocenters. The molecular weight excluding hydrogens is 380 g/mol. The van der Waals surface area contributed by atoms with E-state index in [0.717, 1.165) is 11.4 Å². The van der Waals surface area contributed by atoms with E-state index >= 15 is 0 Å². The van der Waals surface area contributed by atoms with Crippen molar-refractivity contribution in [3.63, 3.8) is 0 Å². The van der Waals surface area contributed by atoms with Gasteiger partial charge >= 0.3 is 0 Å². The Morgan fingerprint density at radius 1 is 1.11 bits per heavy atom. The van der Waals surface area contributed by atoms with E-state index in [2.05, 4.69) is 25.6 Å². The highest BCUT2D eigenvalue weighted by Crippen LogP contribution is 2.25. The molecule has 0 aliphatic rings. The Kier molecular flexibility index (Phi) is 4.77. The third kappa shape index (κ3) is 3.45. The van der Waals surface area contributed by atoms with Gasteiger partial charge in [0.15, 0.2) is 5.82 Å². The summed E-state index contributed by atoms with van der Waals surface area (Å²) in [7, 11) is 1.60. The molecule has 2 N–H and O–H groups in total. The van der Waals surface area contributed by atoms with E-state index in [1.807, 2.05) is 24.3 Å². The lowest BCUT2D eigenvalue weighted by Gasteiger charge is -2.13. The maximum atomic E-state index is 13.2. The van der Waals surface area contributed by atoms with Gasteiger partial charge < -0.3 is 10.1 Å². The van der Waals surface area contributed by atoms with E-state index in [-0.39, 0.29) is 5.56 Å². The van der Waals surface area contributed by atoms with Crippen LogP contribution in [0.3, 0.4) is 0 Å². The number of hydrogen-bond acceptors (Lipinski definition) is 6. The van der Waals surface area contributed by atoms with Crippen LogP contribution in [0, 0.1) is 0 Å². The second-order valence-electron chi connectivity index (χ2n) is 5.81. The number of anilines is 2. The summed E-state index contributed by atoms with van der Waals surface area (Å²) in [6, 6.07) is 14.2. The number of nitrogens with one attached hydrogen (secondary N) is 2. The summed E-state index contributed by atoms with van der Waals surface area (Å²) in [6.07, 6.45) is 2.91. The molecular formula is C19H15ClN6O2. The van der Waals surface area contributed by atoms with Crippen molar-refractivity contribution in [3.8, 4) is 22.8 Å². The monoisotopic (exact) mass is 394 g/mol. The van der Waals surface area contributed by atoms with Crippen molar-refractivity contribution in [1.29, 1.82) is 0 Å². The average molecular weight is 395 g/mol. The van der Waals surface area contributed by atoms with E-state index in [9.17, 15) is 4.79 Å². The summed E-state index contributed by atoms with van der Waals surface area (Å²) >= 11 is 5.94. The van der Waals surface area contributed by atoms with Crippen molar-refractivity contribution in [2.45, 2.75) is 0 Å². The first-order chi connectivity index (χ1) is 13.7. The number of H-pyrrole nitrogens is 1. The van der Waals surface area contributed by atoms with Gasteiger partial charge in [0.1, 0.15) is 17.6 Å². The average Bonchev–Trinajstić information content (AvgIpc) is 3.24. The largest absolute Gasteiger partial charge is 0.497 e. The van der Waals surface area contributed by atoms with Gasteiger partial charge in [0.2, 0.25) is 0 Å². The van der Waals surface area contributed by atoms with Crippen LogP contribution >= 0.6 is 11.6 Å². The van der Waals surface area contributed by atoms with Crippen LogP contribution in [-0.2, 0) is 0 Å². The van der Waals surface area contributed by atoms with Crippen molar-refractivity contribution in [3.05, 3.63) is 76.4 Å². The van der Waals surface area contributed by atoms with Gasteiger partial charge in [-0.15, -0.1) is 0 Å². The second-order valence-corrected chi connectivity index (χ2v) is 6.25. The summed E-state index contributed by atoms with van der Waals surface area (Å²) in [6.45, 7) is 0. The summed E-state index contributed by atoms with van der Waals surface area (Å²) in [5.74, 6) is 1.07. The molecule has 0 fully saturated rings. The Morgan fingerprint density at radius 3 is 2.50 bits per heavy atom. The van der Waals surface area contributed by atoms with Crippen LogP contribution in [0.2, 0.25) is 5.02 Å². The Bertz CT molecular complexity index is 1140. The standard InChI is InChI=1S/C19H15ClN6O2/c1-28-15-8-4-13(5-9-15)24-16-10-23-26(14-6-2-12(20)3-7-14)19(27)17(16)18-21-11-22-25-18/h2-11,24H,1H3,(H,21,22,25). The second kappa shape index (κ2) is 7.53. The highest BCUT2D eigenvalue weighted by Gasteiger charge is 2.17. The molecule has 0 unspecified atom stereocenters. The van der Waals surface area contributed by atoms with Gasteiger partial charge in [-0.05, 0) is 48.5 Å². The fourth-order valence-electron chi connectivity index (χ4n) is 2.70. The molecule has 2 aromatic heterocycles. The molecule has 2 heterocycles. The predicted octanol–water partition coefficient (Wildman–Crippen LogP) is 3.42. The minimum atomic E-state index is -0.349. The topological polar surface area (TPSA) is 97.7 Å². The number of ether oxygens (including phenoxy) is 1. The molecule has 0 saturated carbocycles. The molecule has 4 rings (SSSR count). The maximum absolute atomic E-state index is 13.2. The number of rotatable bonds is 5. The molecule has 2 aromatic carbocycles. The molecule has 0 bridgehead atoms. The zero-order valence-corrected chi connectivity index (χ0v) is 15.5. The Hall–Kier alpha value is -3.65. The fraction of sp³-hybridized carbons (Fsp3) is 0.0526. The van der Waals surface area contributed by atoms with Crippen molar-refractivity contribution in [2.24, 2.45) is 0 Å². The maximum Gasteiger partial charge on any atom is 0.284 e. The molecule has 28 heavy (non-hydrogen) atoms. The molecule has 9 heteroatoms. The highest BCUT2D eigenvalue weighted by molar-refractivity contribution is 6.30. The van der Waals surface area contributed by atoms with Gasteiger partial charge in [0, 0.05) is 10.7 Å². The van der Waals surface area contributed by atoms with Gasteiger partial charge in [-0.3, -0.25) is 9.89 Å². The first-order valence-corrected chi connectivity index (χ1v) is 8.68. The van der Waals surface area contributed by atoms with E-state index in [0.29, 0.717) is 27.8 Å². The van der Waals surface area contributed by atoms with Gasteiger partial charge in [0.05, 0.1) is 24.7 Å². The lowest BCUT2D eigenvalue weighted by molar-refractivity contribution is 0.415. The number of aromatic nitrogens is 5. The molecule has 0 aliphatic heterocycles. The lowest BCUT2D eigenvalue weighted by Crippen LogP contribution is -2.24. The van der Waals surface area contributed by atoms with E-state index in [4.69, 9.17) is 16.3 Å². The third-order valence-corrected chi connectivity index (χ3v) is 4.32. The molecule has 0 radical (unpaired) electrons. The smallest absolute Gasteiger partial charge is 0.284 e. The van der Waals surface area contributed by atoms with Crippen molar-refractivity contribution >= 4 is 23.0 Å². The molecule has 0 saturated heterocycles. The fourth-order valence-corrected chi connectivity index (χ4v) is 2.83. The summed E-state index contributed by atoms with van der Waals surface area (Å²) in [5, 5.41) is 14.7. The molecule has 140 valence electrons. The zero-order valence-electron chi connectivity index (χ0n) is 14.8. The van der Waals surface area contributed by atoms with Crippen LogP contribution in [-0.4, -0.2) is 32.1 Å². The van der Waals surface area contributed by atoms with Crippen LogP contribution in [0.1, 0.15) is 0 Å². The van der Waals surface area contributed by atoms with E-state index < -0.39 is 0 Å². The highest BCUT2D eigenvalue weighted by atomic mass is 35.5. The van der Waals surface area contributed by atoms with Crippen LogP contribution in [0.4, 0.5) is 11.4 Å². The van der Waals surface area contributed by atoms with E-state index in [1.54, 1.807) is 37.6 Å². The van der Waals surface area contributed by atoms with Gasteiger partial charge in [-0.2, -0.15) is 14.9 Å². The lowest BCUT2D eigenvalue weighted by atomic mass is 10.2. The van der Waals surface area contributed by atoms with Crippen LogP contribution in [0.5, 0.6) is 5.75 Å². The SMILES string of the molecule is COc1ccc(Nc2cnn(-c3ccc(Cl)cc3)c(=O)c2-c2ncn[nH]2)cc1. The van der Waals surface area contributed by atoms with Crippen molar-refractivity contribution in [1.82, 2.24) is 25.0 Å². The van der Waals surface area contributed by atoms with Crippen LogP contribution < -0.4 is 15.6 Å². The summed E-state index contributed by atoms with van der Waals surface area (Å²) in [4.78, 5) is 17.3. The first-order valence-electron chi connectivity index (χ1n) is 8.31. The number of nitrogens with zero attached hydrogens (tertiary/aromatic N) is 4. The minimum absolute atomic E-state index is 0.318. The number of methoxy groups -OCH3 is 1. The molecule has 0 spiro atoms. The molecule has 0 amide bonds. The molecule has 8 nitrogen and oxygen atoms in total. The first kappa shape index (κ1) is 17.7. The predicted molar refractivity (Wildman–Crippen MR) is 106 cm³/mol. The van der Waals surface area contributed by atoms with Crippen LogP contribution in [0.25, 0.3) is 17.1 Å². The third-order valence-electron chi connectivity index (χ3n) is 4.07. The number of hydrogen-bond donors (Lipinski definition) is 2. The zero-order chi connectivity index (χ0) is 19.5. The Labute approximate surface area is 164 Å². The molecule has 0 aliphatic carbocycles. The Balaban J connectivity index is 1.81. The summed E-state index contributed by atoms with van der Waals surface area (Å²) in [5.41, 5.74) is 1.83. The van der Waals surface area contributed by atoms with Gasteiger partial charge in [-0.1, -0.05) is 11.6 Å². The minimum Gasteiger partial charge on any atom is -0.497 e. The normalized spacial score (nSPS) is 10.6. The van der Waals surface area contributed by atoms with Crippen LogP contribution in [0.15, 0.2) is 65.8 Å². The number of benzene rings is 2. The van der Waals surface area contributed by atoms with E-state index in [1.165, 1.54) is 11.0 Å². The van der Waals surface area contributed by atoms with Gasteiger partial charge in [-0.25, -0.2) is 4.98 Å². The quantitative estimate of drug-likeness (QED) is 0.538. The van der Waals surface area contributed by atoms with Crippen molar-refractivity contribution in [2.75, 3.05) is 12.4 Å². The number of aromatic amines is 1.